The van der Waals surface area contributed by atoms with Crippen molar-refractivity contribution in [3.05, 3.63) is 90.0 Å². The molecule has 6 rings (SSSR count). The highest BCUT2D eigenvalue weighted by Gasteiger charge is 2.64. The van der Waals surface area contributed by atoms with Crippen molar-refractivity contribution in [3.63, 3.8) is 0 Å². The summed E-state index contributed by atoms with van der Waals surface area (Å²) in [7, 11) is 0. The number of carbonyl (C=O) groups excluding carboxylic acids is 2. The van der Waals surface area contributed by atoms with E-state index in [1.54, 1.807) is 0 Å². The zero-order chi connectivity index (χ0) is 21.8. The third-order valence-corrected chi connectivity index (χ3v) is 7.66. The van der Waals surface area contributed by atoms with E-state index >= 15 is 0 Å². The maximum absolute atomic E-state index is 13.5. The molecule has 2 amide bonds. The molecular weight excluding hydrogens is 398 g/mol. The van der Waals surface area contributed by atoms with E-state index in [9.17, 15) is 9.59 Å². The van der Waals surface area contributed by atoms with Crippen molar-refractivity contribution in [1.82, 2.24) is 0 Å². The van der Waals surface area contributed by atoms with Crippen molar-refractivity contribution < 1.29 is 14.3 Å². The molecule has 4 heteroatoms. The van der Waals surface area contributed by atoms with Crippen LogP contribution in [0.15, 0.2) is 78.9 Å². The molecule has 0 N–H and O–H groups in total. The second-order valence-electron chi connectivity index (χ2n) is 9.34. The molecule has 1 aliphatic heterocycles. The highest BCUT2D eigenvalue weighted by atomic mass is 16.5. The minimum atomic E-state index is -0.186. The maximum atomic E-state index is 13.5. The van der Waals surface area contributed by atoms with E-state index in [1.165, 1.54) is 10.5 Å². The van der Waals surface area contributed by atoms with E-state index in [-0.39, 0.29) is 29.6 Å². The second kappa shape index (κ2) is 7.33. The molecular formula is C28H25NO3. The number of carbonyl (C=O) groups is 2. The number of anilines is 1. The van der Waals surface area contributed by atoms with E-state index in [4.69, 9.17) is 4.74 Å². The number of rotatable bonds is 4. The average Bonchev–Trinajstić information content (AvgIpc) is 3.48. The highest BCUT2D eigenvalue weighted by Crippen LogP contribution is 2.61. The third-order valence-electron chi connectivity index (χ3n) is 7.66. The molecule has 160 valence electrons. The summed E-state index contributed by atoms with van der Waals surface area (Å²) in [5, 5.41) is 0. The first-order chi connectivity index (χ1) is 15.6. The van der Waals surface area contributed by atoms with Gasteiger partial charge in [0.2, 0.25) is 11.8 Å². The molecule has 1 heterocycles. The summed E-state index contributed by atoms with van der Waals surface area (Å²) in [6.07, 6.45) is 2.00. The number of fused-ring (bicyclic) bond motifs is 5. The maximum Gasteiger partial charge on any atom is 0.237 e. The van der Waals surface area contributed by atoms with Crippen LogP contribution in [-0.2, 0) is 9.59 Å². The zero-order valence-corrected chi connectivity index (χ0v) is 18.0. The molecule has 3 aromatic carbocycles. The highest BCUT2D eigenvalue weighted by molar-refractivity contribution is 6.22. The number of aryl methyl sites for hydroxylation is 1. The smallest absolute Gasteiger partial charge is 0.237 e. The molecule has 2 aliphatic carbocycles. The Morgan fingerprint density at radius 2 is 1.47 bits per heavy atom. The zero-order valence-electron chi connectivity index (χ0n) is 18.0. The SMILES string of the molecule is Cc1ccccc1Oc1ccc(N2C(=O)C3C4CC(c5ccccc5)C(C4)C3C2=O)cc1. The van der Waals surface area contributed by atoms with E-state index in [1.807, 2.05) is 61.5 Å². The summed E-state index contributed by atoms with van der Waals surface area (Å²) >= 11 is 0. The average molecular weight is 424 g/mol. The largest absolute Gasteiger partial charge is 0.457 e. The molecule has 0 spiro atoms. The molecule has 0 aromatic heterocycles. The predicted octanol–water partition coefficient (Wildman–Crippen LogP) is 5.72. The molecule has 3 fully saturated rings. The number of amides is 2. The van der Waals surface area contributed by atoms with Gasteiger partial charge in [-0.15, -0.1) is 0 Å². The molecule has 4 nitrogen and oxygen atoms in total. The molecule has 3 aliphatic rings. The Morgan fingerprint density at radius 3 is 2.22 bits per heavy atom. The van der Waals surface area contributed by atoms with E-state index in [2.05, 4.69) is 24.3 Å². The minimum absolute atomic E-state index is 0.0217. The molecule has 0 radical (unpaired) electrons. The normalized spacial score (nSPS) is 28.3. The van der Waals surface area contributed by atoms with E-state index in [0.717, 1.165) is 24.2 Å². The number of hydrogen-bond acceptors (Lipinski definition) is 3. The first-order valence-corrected chi connectivity index (χ1v) is 11.4. The summed E-state index contributed by atoms with van der Waals surface area (Å²) in [6.45, 7) is 2.00. The molecule has 2 bridgehead atoms. The minimum Gasteiger partial charge on any atom is -0.457 e. The van der Waals surface area contributed by atoms with Gasteiger partial charge in [0.25, 0.3) is 0 Å². The topological polar surface area (TPSA) is 46.6 Å². The molecule has 3 aromatic rings. The summed E-state index contributed by atoms with van der Waals surface area (Å²) in [6, 6.07) is 25.6. The van der Waals surface area contributed by atoms with Gasteiger partial charge in [-0.1, -0.05) is 48.5 Å². The summed E-state index contributed by atoms with van der Waals surface area (Å²) in [5.74, 6) is 2.04. The van der Waals surface area contributed by atoms with Gasteiger partial charge in [0.1, 0.15) is 11.5 Å². The van der Waals surface area contributed by atoms with Gasteiger partial charge in [0, 0.05) is 0 Å². The molecule has 1 saturated heterocycles. The van der Waals surface area contributed by atoms with Gasteiger partial charge < -0.3 is 4.74 Å². The standard InChI is InChI=1S/C28H25NO3/c1-17-7-5-6-10-24(17)32-21-13-11-20(12-14-21)29-27(30)25-19-15-22(18-8-3-2-4-9-18)23(16-19)26(25)28(29)31/h2-14,19,22-23,25-26H,15-16H2,1H3. The quantitative estimate of drug-likeness (QED) is 0.505. The second-order valence-corrected chi connectivity index (χ2v) is 9.34. The van der Waals surface area contributed by atoms with Crippen LogP contribution in [0.25, 0.3) is 0 Å². The number of hydrogen-bond donors (Lipinski definition) is 0. The van der Waals surface area contributed by atoms with Crippen molar-refractivity contribution in [2.75, 3.05) is 4.90 Å². The van der Waals surface area contributed by atoms with Crippen molar-refractivity contribution >= 4 is 17.5 Å². The third kappa shape index (κ3) is 2.89. The Labute approximate surface area is 187 Å². The van der Waals surface area contributed by atoms with Gasteiger partial charge in [0.05, 0.1) is 17.5 Å². The van der Waals surface area contributed by atoms with Crippen molar-refractivity contribution in [1.29, 1.82) is 0 Å². The van der Waals surface area contributed by atoms with Crippen LogP contribution < -0.4 is 9.64 Å². The Morgan fingerprint density at radius 1 is 0.781 bits per heavy atom. The number of para-hydroxylation sites is 1. The van der Waals surface area contributed by atoms with Gasteiger partial charge in [-0.05, 0) is 79.0 Å². The summed E-state index contributed by atoms with van der Waals surface area (Å²) in [5.41, 5.74) is 3.00. The summed E-state index contributed by atoms with van der Waals surface area (Å²) < 4.78 is 5.97. The Hall–Kier alpha value is -3.40. The molecule has 2 saturated carbocycles. The lowest BCUT2D eigenvalue weighted by molar-refractivity contribution is -0.123. The Kier molecular flexibility index (Phi) is 4.42. The van der Waals surface area contributed by atoms with Crippen LogP contribution in [-0.4, -0.2) is 11.8 Å². The van der Waals surface area contributed by atoms with Gasteiger partial charge >= 0.3 is 0 Å². The Bertz CT molecular complexity index is 1190. The van der Waals surface area contributed by atoms with Crippen molar-refractivity contribution in [2.45, 2.75) is 25.7 Å². The fraction of sp³-hybridized carbons (Fsp3) is 0.286. The first-order valence-electron chi connectivity index (χ1n) is 11.4. The number of ether oxygens (including phenoxy) is 1. The van der Waals surface area contributed by atoms with E-state index < -0.39 is 0 Å². The summed E-state index contributed by atoms with van der Waals surface area (Å²) in [4.78, 5) is 28.2. The van der Waals surface area contributed by atoms with Gasteiger partial charge in [-0.3, -0.25) is 14.5 Å². The number of nitrogens with zero attached hydrogens (tertiary/aromatic N) is 1. The first kappa shape index (κ1) is 19.3. The van der Waals surface area contributed by atoms with Crippen LogP contribution in [0, 0.1) is 30.6 Å². The fourth-order valence-electron chi connectivity index (χ4n) is 6.26. The lowest BCUT2D eigenvalue weighted by Gasteiger charge is -2.28. The molecule has 5 atom stereocenters. The number of benzene rings is 3. The van der Waals surface area contributed by atoms with Crippen LogP contribution in [0.3, 0.4) is 0 Å². The predicted molar refractivity (Wildman–Crippen MR) is 123 cm³/mol. The van der Waals surface area contributed by atoms with Gasteiger partial charge in [-0.25, -0.2) is 0 Å². The van der Waals surface area contributed by atoms with E-state index in [0.29, 0.717) is 23.3 Å². The van der Waals surface area contributed by atoms with Crippen LogP contribution in [0.4, 0.5) is 5.69 Å². The van der Waals surface area contributed by atoms with Gasteiger partial charge in [0.15, 0.2) is 0 Å². The molecule has 32 heavy (non-hydrogen) atoms. The van der Waals surface area contributed by atoms with Crippen LogP contribution >= 0.6 is 0 Å². The van der Waals surface area contributed by atoms with Crippen LogP contribution in [0.5, 0.6) is 11.5 Å². The van der Waals surface area contributed by atoms with Crippen LogP contribution in [0.1, 0.15) is 29.9 Å². The van der Waals surface area contributed by atoms with Crippen molar-refractivity contribution in [2.24, 2.45) is 23.7 Å². The lowest BCUT2D eigenvalue weighted by atomic mass is 9.73. The van der Waals surface area contributed by atoms with Gasteiger partial charge in [-0.2, -0.15) is 0 Å². The van der Waals surface area contributed by atoms with Crippen LogP contribution in [0.2, 0.25) is 0 Å². The fourth-order valence-corrected chi connectivity index (χ4v) is 6.26. The molecule has 5 unspecified atom stereocenters. The Balaban J connectivity index is 1.24. The lowest BCUT2D eigenvalue weighted by Crippen LogP contribution is -2.32. The van der Waals surface area contributed by atoms with Crippen molar-refractivity contribution in [3.8, 4) is 11.5 Å². The number of imide groups is 1. The monoisotopic (exact) mass is 423 g/mol.